The predicted molar refractivity (Wildman–Crippen MR) is 86.2 cm³/mol. The quantitative estimate of drug-likeness (QED) is 0.667. The van der Waals surface area contributed by atoms with E-state index in [1.54, 1.807) is 12.1 Å². The second-order valence-electron chi connectivity index (χ2n) is 5.12. The first-order valence-electron chi connectivity index (χ1n) is 6.97. The lowest BCUT2D eigenvalue weighted by molar-refractivity contribution is -0.119. The van der Waals surface area contributed by atoms with Gasteiger partial charge in [-0.15, -0.1) is 0 Å². The molecular formula is C17H14ClF2NO3. The maximum absolute atomic E-state index is 13.2. The molecule has 1 amide bonds. The number of rotatable bonds is 4. The van der Waals surface area contributed by atoms with Gasteiger partial charge in [0, 0.05) is 5.69 Å². The van der Waals surface area contributed by atoms with E-state index < -0.39 is 30.1 Å². The number of carbonyl (C=O) groups excluding carboxylic acids is 2. The van der Waals surface area contributed by atoms with E-state index in [1.807, 2.05) is 19.9 Å². The molecule has 0 aliphatic carbocycles. The van der Waals surface area contributed by atoms with Gasteiger partial charge in [-0.1, -0.05) is 23.7 Å². The molecule has 24 heavy (non-hydrogen) atoms. The minimum Gasteiger partial charge on any atom is -0.452 e. The first-order chi connectivity index (χ1) is 11.3. The molecule has 2 aromatic rings. The van der Waals surface area contributed by atoms with Crippen LogP contribution >= 0.6 is 11.6 Å². The SMILES string of the molecule is Cc1cccc(NC(=O)COC(=O)c2cc(F)c(F)cc2Cl)c1C. The average molecular weight is 354 g/mol. The van der Waals surface area contributed by atoms with Gasteiger partial charge in [-0.25, -0.2) is 13.6 Å². The van der Waals surface area contributed by atoms with Crippen molar-refractivity contribution < 1.29 is 23.1 Å². The summed E-state index contributed by atoms with van der Waals surface area (Å²) >= 11 is 5.67. The van der Waals surface area contributed by atoms with Crippen molar-refractivity contribution in [3.05, 3.63) is 63.7 Å². The summed E-state index contributed by atoms with van der Waals surface area (Å²) in [6.45, 7) is 3.16. The van der Waals surface area contributed by atoms with Gasteiger partial charge >= 0.3 is 5.97 Å². The normalized spacial score (nSPS) is 10.4. The van der Waals surface area contributed by atoms with E-state index in [2.05, 4.69) is 5.32 Å². The van der Waals surface area contributed by atoms with Gasteiger partial charge in [-0.05, 0) is 43.2 Å². The van der Waals surface area contributed by atoms with Gasteiger partial charge in [0.1, 0.15) is 0 Å². The lowest BCUT2D eigenvalue weighted by atomic mass is 10.1. The number of amides is 1. The van der Waals surface area contributed by atoms with Crippen molar-refractivity contribution in [1.82, 2.24) is 0 Å². The van der Waals surface area contributed by atoms with Crippen molar-refractivity contribution in [3.8, 4) is 0 Å². The Balaban J connectivity index is 2.00. The van der Waals surface area contributed by atoms with Crippen molar-refractivity contribution >= 4 is 29.2 Å². The van der Waals surface area contributed by atoms with Gasteiger partial charge in [0.15, 0.2) is 18.2 Å². The predicted octanol–water partition coefficient (Wildman–Crippen LogP) is 4.03. The van der Waals surface area contributed by atoms with Gasteiger partial charge < -0.3 is 10.1 Å². The van der Waals surface area contributed by atoms with E-state index in [-0.39, 0.29) is 10.6 Å². The van der Waals surface area contributed by atoms with E-state index in [1.165, 1.54) is 0 Å². The number of carbonyl (C=O) groups is 2. The minimum atomic E-state index is -1.23. The second-order valence-corrected chi connectivity index (χ2v) is 5.53. The Hall–Kier alpha value is -2.47. The Bertz CT molecular complexity index is 809. The first-order valence-corrected chi connectivity index (χ1v) is 7.35. The lowest BCUT2D eigenvalue weighted by Crippen LogP contribution is -2.21. The van der Waals surface area contributed by atoms with E-state index in [0.29, 0.717) is 17.8 Å². The van der Waals surface area contributed by atoms with Gasteiger partial charge in [-0.3, -0.25) is 4.79 Å². The van der Waals surface area contributed by atoms with Crippen LogP contribution in [0.1, 0.15) is 21.5 Å². The molecular weight excluding hydrogens is 340 g/mol. The first kappa shape index (κ1) is 17.9. The fourth-order valence-corrected chi connectivity index (χ4v) is 2.19. The molecule has 0 saturated heterocycles. The van der Waals surface area contributed by atoms with E-state index in [0.717, 1.165) is 11.1 Å². The largest absolute Gasteiger partial charge is 0.452 e. The molecule has 0 saturated carbocycles. The Morgan fingerprint density at radius 2 is 1.83 bits per heavy atom. The minimum absolute atomic E-state index is 0.297. The highest BCUT2D eigenvalue weighted by atomic mass is 35.5. The van der Waals surface area contributed by atoms with Gasteiger partial charge in [0.2, 0.25) is 0 Å². The molecule has 1 N–H and O–H groups in total. The van der Waals surface area contributed by atoms with E-state index in [9.17, 15) is 18.4 Å². The maximum Gasteiger partial charge on any atom is 0.340 e. The Labute approximate surface area is 142 Å². The van der Waals surface area contributed by atoms with Gasteiger partial charge in [0.25, 0.3) is 5.91 Å². The van der Waals surface area contributed by atoms with Crippen LogP contribution in [0.25, 0.3) is 0 Å². The summed E-state index contributed by atoms with van der Waals surface area (Å²) in [4.78, 5) is 23.7. The highest BCUT2D eigenvalue weighted by molar-refractivity contribution is 6.33. The number of aryl methyl sites for hydroxylation is 1. The van der Waals surface area contributed by atoms with E-state index in [4.69, 9.17) is 16.3 Å². The molecule has 0 atom stereocenters. The summed E-state index contributed by atoms with van der Waals surface area (Å²) in [5, 5.41) is 2.31. The van der Waals surface area contributed by atoms with Crippen molar-refractivity contribution in [2.75, 3.05) is 11.9 Å². The topological polar surface area (TPSA) is 55.4 Å². The van der Waals surface area contributed by atoms with Crippen LogP contribution in [0.15, 0.2) is 30.3 Å². The number of halogens is 3. The number of benzene rings is 2. The molecule has 0 aromatic heterocycles. The van der Waals surface area contributed by atoms with Crippen LogP contribution in [-0.2, 0) is 9.53 Å². The molecule has 4 nitrogen and oxygen atoms in total. The fraction of sp³-hybridized carbons (Fsp3) is 0.176. The molecule has 0 radical (unpaired) electrons. The third-order valence-electron chi connectivity index (χ3n) is 3.44. The molecule has 0 heterocycles. The Morgan fingerprint density at radius 1 is 1.17 bits per heavy atom. The number of hydrogen-bond acceptors (Lipinski definition) is 3. The third-order valence-corrected chi connectivity index (χ3v) is 3.76. The third kappa shape index (κ3) is 4.08. The van der Waals surface area contributed by atoms with Crippen molar-refractivity contribution in [1.29, 1.82) is 0 Å². The monoisotopic (exact) mass is 353 g/mol. The number of nitrogens with one attached hydrogen (secondary N) is 1. The summed E-state index contributed by atoms with van der Waals surface area (Å²) in [5.41, 5.74) is 2.14. The second kappa shape index (κ2) is 7.40. The van der Waals surface area contributed by atoms with Gasteiger partial charge in [0.05, 0.1) is 10.6 Å². The smallest absolute Gasteiger partial charge is 0.340 e. The van der Waals surface area contributed by atoms with Crippen LogP contribution in [0.2, 0.25) is 5.02 Å². The standard InChI is InChI=1S/C17H14ClF2NO3/c1-9-4-3-5-15(10(9)2)21-16(22)8-24-17(23)11-6-13(19)14(20)7-12(11)18/h3-7H,8H2,1-2H3,(H,21,22). The summed E-state index contributed by atoms with van der Waals surface area (Å²) in [6.07, 6.45) is 0. The summed E-state index contributed by atoms with van der Waals surface area (Å²) in [6, 6.07) is 6.70. The molecule has 2 aromatic carbocycles. The molecule has 7 heteroatoms. The summed E-state index contributed by atoms with van der Waals surface area (Å²) < 4.78 is 30.9. The molecule has 0 aliphatic heterocycles. The highest BCUT2D eigenvalue weighted by Crippen LogP contribution is 2.21. The Kier molecular flexibility index (Phi) is 5.51. The zero-order chi connectivity index (χ0) is 17.9. The molecule has 0 fully saturated rings. The van der Waals surface area contributed by atoms with Crippen molar-refractivity contribution in [2.24, 2.45) is 0 Å². The van der Waals surface area contributed by atoms with Crippen LogP contribution in [0.5, 0.6) is 0 Å². The number of ether oxygens (including phenoxy) is 1. The van der Waals surface area contributed by atoms with Crippen molar-refractivity contribution in [3.63, 3.8) is 0 Å². The van der Waals surface area contributed by atoms with Crippen LogP contribution < -0.4 is 5.32 Å². The lowest BCUT2D eigenvalue weighted by Gasteiger charge is -2.11. The molecule has 0 bridgehead atoms. The highest BCUT2D eigenvalue weighted by Gasteiger charge is 2.17. The average Bonchev–Trinajstić information content (AvgIpc) is 2.53. The van der Waals surface area contributed by atoms with Gasteiger partial charge in [-0.2, -0.15) is 0 Å². The zero-order valence-corrected chi connectivity index (χ0v) is 13.7. The fourth-order valence-electron chi connectivity index (χ4n) is 1.96. The molecule has 126 valence electrons. The zero-order valence-electron chi connectivity index (χ0n) is 13.0. The molecule has 0 unspecified atom stereocenters. The number of anilines is 1. The summed E-state index contributed by atoms with van der Waals surface area (Å²) in [7, 11) is 0. The molecule has 0 aliphatic rings. The van der Waals surface area contributed by atoms with Crippen LogP contribution in [-0.4, -0.2) is 18.5 Å². The molecule has 2 rings (SSSR count). The van der Waals surface area contributed by atoms with E-state index >= 15 is 0 Å². The Morgan fingerprint density at radius 3 is 2.54 bits per heavy atom. The maximum atomic E-state index is 13.2. The number of hydrogen-bond donors (Lipinski definition) is 1. The van der Waals surface area contributed by atoms with Crippen LogP contribution in [0.4, 0.5) is 14.5 Å². The summed E-state index contributed by atoms with van der Waals surface area (Å²) in [5.74, 6) is -3.99. The number of esters is 1. The van der Waals surface area contributed by atoms with Crippen molar-refractivity contribution in [2.45, 2.75) is 13.8 Å². The van der Waals surface area contributed by atoms with Crippen LogP contribution in [0.3, 0.4) is 0 Å². The molecule has 0 spiro atoms. The van der Waals surface area contributed by atoms with Crippen LogP contribution in [0, 0.1) is 25.5 Å².